The van der Waals surface area contributed by atoms with Gasteiger partial charge in [-0.1, -0.05) is 54.6 Å². The van der Waals surface area contributed by atoms with Crippen molar-refractivity contribution < 1.29 is 14.3 Å². The summed E-state index contributed by atoms with van der Waals surface area (Å²) < 4.78 is 6.09. The van der Waals surface area contributed by atoms with Gasteiger partial charge in [-0.05, 0) is 16.7 Å². The van der Waals surface area contributed by atoms with E-state index in [0.29, 0.717) is 13.0 Å². The summed E-state index contributed by atoms with van der Waals surface area (Å²) in [5, 5.41) is 2.72. The molecule has 1 N–H and O–H groups in total. The number of amides is 2. The van der Waals surface area contributed by atoms with E-state index in [1.165, 1.54) is 18.6 Å². The molecule has 1 aliphatic rings. The first-order chi connectivity index (χ1) is 15.1. The van der Waals surface area contributed by atoms with Crippen LogP contribution in [0.2, 0.25) is 0 Å². The maximum atomic E-state index is 13.0. The molecule has 158 valence electrons. The molecule has 0 bridgehead atoms. The molecule has 3 aromatic rings. The first-order valence-corrected chi connectivity index (χ1v) is 10.2. The lowest BCUT2D eigenvalue weighted by molar-refractivity contribution is -0.156. The second-order valence-electron chi connectivity index (χ2n) is 7.44. The number of hydrogen-bond donors (Lipinski definition) is 1. The van der Waals surface area contributed by atoms with Gasteiger partial charge < -0.3 is 15.0 Å². The zero-order valence-corrected chi connectivity index (χ0v) is 17.3. The Morgan fingerprint density at radius 3 is 2.61 bits per heavy atom. The molecule has 2 aromatic carbocycles. The van der Waals surface area contributed by atoms with Crippen molar-refractivity contribution in [1.82, 2.24) is 20.2 Å². The summed E-state index contributed by atoms with van der Waals surface area (Å²) in [6.07, 6.45) is 4.77. The van der Waals surface area contributed by atoms with E-state index in [2.05, 4.69) is 15.3 Å². The van der Waals surface area contributed by atoms with E-state index in [1.54, 1.807) is 11.9 Å². The minimum Gasteiger partial charge on any atom is -0.361 e. The van der Waals surface area contributed by atoms with Crippen LogP contribution in [0.25, 0.3) is 11.1 Å². The summed E-state index contributed by atoms with van der Waals surface area (Å²) in [6.45, 7) is 0.770. The molecule has 7 nitrogen and oxygen atoms in total. The lowest BCUT2D eigenvalue weighted by Crippen LogP contribution is -2.61. The maximum Gasteiger partial charge on any atom is 0.274 e. The van der Waals surface area contributed by atoms with Crippen LogP contribution < -0.4 is 5.32 Å². The van der Waals surface area contributed by atoms with E-state index in [-0.39, 0.29) is 30.7 Å². The molecule has 1 saturated heterocycles. The Hall–Kier alpha value is -3.58. The number of hydrogen-bond acceptors (Lipinski definition) is 5. The van der Waals surface area contributed by atoms with Gasteiger partial charge in [0.05, 0.1) is 19.3 Å². The monoisotopic (exact) mass is 416 g/mol. The lowest BCUT2D eigenvalue weighted by atomic mass is 9.87. The third kappa shape index (κ3) is 4.32. The predicted molar refractivity (Wildman–Crippen MR) is 116 cm³/mol. The summed E-state index contributed by atoms with van der Waals surface area (Å²) in [5.41, 5.74) is 2.13. The molecule has 0 spiro atoms. The molecule has 1 aromatic heterocycles. The van der Waals surface area contributed by atoms with Crippen molar-refractivity contribution in [3.05, 3.63) is 84.4 Å². The lowest BCUT2D eigenvalue weighted by Gasteiger charge is -2.41. The number of carbonyl (C=O) groups excluding carboxylic acids is 2. The number of ether oxygens (including phenoxy) is 1. The molecule has 0 radical (unpaired) electrons. The first kappa shape index (κ1) is 20.7. The second-order valence-corrected chi connectivity index (χ2v) is 7.44. The van der Waals surface area contributed by atoms with Crippen molar-refractivity contribution in [2.75, 3.05) is 26.7 Å². The van der Waals surface area contributed by atoms with E-state index in [0.717, 1.165) is 16.7 Å². The largest absolute Gasteiger partial charge is 0.361 e. The molecule has 7 heteroatoms. The summed E-state index contributed by atoms with van der Waals surface area (Å²) in [6, 6.07) is 18.0. The Balaban J connectivity index is 1.67. The van der Waals surface area contributed by atoms with Crippen molar-refractivity contribution in [2.45, 2.75) is 12.0 Å². The Morgan fingerprint density at radius 1 is 1.10 bits per heavy atom. The predicted octanol–water partition coefficient (Wildman–Crippen LogP) is 2.34. The number of benzene rings is 2. The molecule has 1 aliphatic heterocycles. The average Bonchev–Trinajstić information content (AvgIpc) is 2.84. The smallest absolute Gasteiger partial charge is 0.274 e. The van der Waals surface area contributed by atoms with Crippen LogP contribution in [0.1, 0.15) is 16.1 Å². The van der Waals surface area contributed by atoms with Crippen LogP contribution in [0.4, 0.5) is 0 Å². The van der Waals surface area contributed by atoms with Crippen LogP contribution in [0.5, 0.6) is 0 Å². The number of carbonyl (C=O) groups is 2. The third-order valence-corrected chi connectivity index (χ3v) is 5.47. The summed E-state index contributed by atoms with van der Waals surface area (Å²) in [4.78, 5) is 35.7. The number of likely N-dealkylation sites (N-methyl/N-ethyl adjacent to an activating group) is 1. The molecule has 31 heavy (non-hydrogen) atoms. The van der Waals surface area contributed by atoms with Crippen LogP contribution in [-0.4, -0.2) is 59.0 Å². The molecule has 1 fully saturated rings. The topological polar surface area (TPSA) is 84.4 Å². The van der Waals surface area contributed by atoms with Gasteiger partial charge in [-0.3, -0.25) is 14.6 Å². The van der Waals surface area contributed by atoms with Gasteiger partial charge in [0, 0.05) is 32.4 Å². The quantitative estimate of drug-likeness (QED) is 0.690. The van der Waals surface area contributed by atoms with Crippen molar-refractivity contribution >= 4 is 11.8 Å². The SMILES string of the molecule is CNC(=O)[C@]1(Cc2ccccc2-c2ccccc2)CN(C(=O)c2cnccn2)CCO1. The number of nitrogens with one attached hydrogen (secondary N) is 1. The van der Waals surface area contributed by atoms with Gasteiger partial charge in [0.2, 0.25) is 0 Å². The fraction of sp³-hybridized carbons (Fsp3) is 0.250. The van der Waals surface area contributed by atoms with Gasteiger partial charge in [-0.2, -0.15) is 0 Å². The fourth-order valence-electron chi connectivity index (χ4n) is 3.96. The van der Waals surface area contributed by atoms with Crippen molar-refractivity contribution in [2.24, 2.45) is 0 Å². The van der Waals surface area contributed by atoms with Gasteiger partial charge in [-0.25, -0.2) is 4.98 Å². The molecule has 0 unspecified atom stereocenters. The molecular formula is C24H24N4O3. The Labute approximate surface area is 181 Å². The minimum atomic E-state index is -1.20. The summed E-state index contributed by atoms with van der Waals surface area (Å²) >= 11 is 0. The van der Waals surface area contributed by atoms with Crippen molar-refractivity contribution in [1.29, 1.82) is 0 Å². The molecular weight excluding hydrogens is 392 g/mol. The van der Waals surface area contributed by atoms with Crippen molar-refractivity contribution in [3.63, 3.8) is 0 Å². The summed E-state index contributed by atoms with van der Waals surface area (Å²) in [5.74, 6) is -0.520. The van der Waals surface area contributed by atoms with E-state index in [4.69, 9.17) is 4.74 Å². The Bertz CT molecular complexity index is 1060. The van der Waals surface area contributed by atoms with E-state index in [9.17, 15) is 9.59 Å². The van der Waals surface area contributed by atoms with E-state index >= 15 is 0 Å². The highest BCUT2D eigenvalue weighted by molar-refractivity contribution is 5.93. The van der Waals surface area contributed by atoms with Gasteiger partial charge in [-0.15, -0.1) is 0 Å². The van der Waals surface area contributed by atoms with E-state index in [1.807, 2.05) is 54.6 Å². The van der Waals surface area contributed by atoms with Crippen LogP contribution >= 0.6 is 0 Å². The average molecular weight is 416 g/mol. The standard InChI is InChI=1S/C24H24N4O3/c1-25-23(30)24(15-19-9-5-6-10-20(19)18-7-3-2-4-8-18)17-28(13-14-31-24)22(29)21-16-26-11-12-27-21/h2-12,16H,13-15,17H2,1H3,(H,25,30)/t24-/m0/s1. The van der Waals surface area contributed by atoms with Gasteiger partial charge >= 0.3 is 0 Å². The molecule has 1 atom stereocenters. The highest BCUT2D eigenvalue weighted by atomic mass is 16.5. The molecule has 0 aliphatic carbocycles. The summed E-state index contributed by atoms with van der Waals surface area (Å²) in [7, 11) is 1.58. The maximum absolute atomic E-state index is 13.0. The van der Waals surface area contributed by atoms with Gasteiger partial charge in [0.15, 0.2) is 5.60 Å². The highest BCUT2D eigenvalue weighted by Gasteiger charge is 2.45. The van der Waals surface area contributed by atoms with Gasteiger partial charge in [0.1, 0.15) is 5.69 Å². The molecule has 0 saturated carbocycles. The molecule has 4 rings (SSSR count). The third-order valence-electron chi connectivity index (χ3n) is 5.47. The van der Waals surface area contributed by atoms with Crippen molar-refractivity contribution in [3.8, 4) is 11.1 Å². The highest BCUT2D eigenvalue weighted by Crippen LogP contribution is 2.30. The zero-order valence-electron chi connectivity index (χ0n) is 17.3. The molecule has 2 amide bonds. The molecule has 2 heterocycles. The van der Waals surface area contributed by atoms with Gasteiger partial charge in [0.25, 0.3) is 11.8 Å². The number of rotatable bonds is 5. The number of aromatic nitrogens is 2. The number of nitrogens with zero attached hydrogens (tertiary/aromatic N) is 3. The second kappa shape index (κ2) is 9.06. The Morgan fingerprint density at radius 2 is 1.87 bits per heavy atom. The van der Waals surface area contributed by atoms with Crippen LogP contribution in [-0.2, 0) is 16.0 Å². The van der Waals surface area contributed by atoms with Crippen LogP contribution in [0.3, 0.4) is 0 Å². The van der Waals surface area contributed by atoms with Crippen LogP contribution in [0.15, 0.2) is 73.2 Å². The fourth-order valence-corrected chi connectivity index (χ4v) is 3.96. The normalized spacial score (nSPS) is 18.4. The van der Waals surface area contributed by atoms with Crippen LogP contribution in [0, 0.1) is 0 Å². The minimum absolute atomic E-state index is 0.130. The first-order valence-electron chi connectivity index (χ1n) is 10.2. The number of morpholine rings is 1. The van der Waals surface area contributed by atoms with E-state index < -0.39 is 5.60 Å². The Kier molecular flexibility index (Phi) is 6.04. The zero-order chi connectivity index (χ0) is 21.7.